The average Bonchev–Trinajstić information content (AvgIpc) is 3.39. The highest BCUT2D eigenvalue weighted by Gasteiger charge is 2.45. The van der Waals surface area contributed by atoms with Crippen LogP contribution in [0.15, 0.2) is 30.3 Å². The first-order valence-corrected chi connectivity index (χ1v) is 30.9. The molecule has 5 amide bonds. The molecule has 0 aliphatic carbocycles. The van der Waals surface area contributed by atoms with Gasteiger partial charge in [-0.05, 0) is 58.4 Å². The van der Waals surface area contributed by atoms with E-state index < -0.39 is 147 Å². The molecule has 3 aliphatic heterocycles. The lowest BCUT2D eigenvalue weighted by atomic mass is 10.0. The molecule has 3 fully saturated rings. The zero-order chi connectivity index (χ0) is 63.8. The fourth-order valence-corrected chi connectivity index (χ4v) is 10.1. The number of rotatable bonds is 41. The molecule has 0 saturated carbocycles. The fourth-order valence-electron chi connectivity index (χ4n) is 10.1. The number of unbranched alkanes of at least 4 members (excludes halogenated alkanes) is 10. The van der Waals surface area contributed by atoms with Crippen molar-refractivity contribution in [1.82, 2.24) is 31.5 Å². The van der Waals surface area contributed by atoms with Crippen molar-refractivity contribution >= 4 is 35.5 Å². The minimum Gasteiger partial charge on any atom is -0.461 e. The smallest absolute Gasteiger partial charge is 0.306 e. The van der Waals surface area contributed by atoms with E-state index >= 15 is 0 Å². The van der Waals surface area contributed by atoms with Crippen molar-refractivity contribution in [3.8, 4) is 0 Å². The quantitative estimate of drug-likeness (QED) is 0.0253. The van der Waals surface area contributed by atoms with Gasteiger partial charge in [-0.25, -0.2) is 0 Å². The molecule has 1 aromatic carbocycles. The Bertz CT molecular complexity index is 2100. The lowest BCUT2D eigenvalue weighted by molar-refractivity contribution is -0.292. The molecule has 0 aromatic heterocycles. The molecule has 0 radical (unpaired) electrons. The largest absolute Gasteiger partial charge is 0.461 e. The Balaban J connectivity index is 1.45. The Kier molecular flexibility index (Phi) is 35.2. The third-order valence-corrected chi connectivity index (χ3v) is 15.5. The van der Waals surface area contributed by atoms with Crippen LogP contribution in [0.2, 0.25) is 0 Å². The van der Waals surface area contributed by atoms with Crippen LogP contribution in [-0.2, 0) is 68.5 Å². The van der Waals surface area contributed by atoms with Crippen molar-refractivity contribution in [3.05, 3.63) is 35.9 Å². The number of carbonyl (C=O) groups excluding carboxylic acids is 6. The lowest BCUT2D eigenvalue weighted by Crippen LogP contribution is -2.58. The summed E-state index contributed by atoms with van der Waals surface area (Å²) in [6.07, 6.45) is -9.31. The van der Waals surface area contributed by atoms with Crippen LogP contribution in [0.4, 0.5) is 0 Å². The minimum absolute atomic E-state index is 0.0276. The van der Waals surface area contributed by atoms with E-state index in [2.05, 4.69) is 33.5 Å². The van der Waals surface area contributed by atoms with Crippen LogP contribution in [-0.4, -0.2) is 250 Å². The molecule has 3 saturated heterocycles. The monoisotopic (exact) mass is 1240 g/mol. The van der Waals surface area contributed by atoms with Crippen molar-refractivity contribution in [2.45, 2.75) is 241 Å². The molecule has 498 valence electrons. The maximum absolute atomic E-state index is 14.3. The van der Waals surface area contributed by atoms with Crippen LogP contribution in [0.25, 0.3) is 0 Å². The summed E-state index contributed by atoms with van der Waals surface area (Å²) < 4.78 is 38.6. The second-order valence-electron chi connectivity index (χ2n) is 22.6. The standard InChI is InChI=1S/C59H100N6O22/c1-5-6-7-8-9-10-11-12-13-17-23-42(66)64-40(24-25-45(69)84-35-39-20-15-14-16-21-39)55(79)62-26-19-18-22-41(56(80)63-29-32-83-59-54(78)51(75)48(72)38(4)87-59)65(33-43(67)60-27-30-81-57-52(76)49(73)46(70)36(2)85-57)34-44(68)61-28-31-82-58-53(77)50(74)47(71)37(3)86-58/h14-16,20-21,36-38,40-41,46-54,57-59,70-78H,5-13,17-19,22-35H2,1-4H3,(H,60,67)(H,61,68)(H,62,79)(H,63,80)(H,64,66)/t36-,37-,38-,40?,41?,46+,47+,48+,49+,50+,51+,52-,53-,54-,57+,58+,59+/m0/s1. The summed E-state index contributed by atoms with van der Waals surface area (Å²) in [6, 6.07) is 6.74. The Morgan fingerprint density at radius 2 is 0.920 bits per heavy atom. The molecule has 3 aliphatic rings. The van der Waals surface area contributed by atoms with Gasteiger partial charge in [0.05, 0.1) is 57.3 Å². The summed E-state index contributed by atoms with van der Waals surface area (Å²) >= 11 is 0. The van der Waals surface area contributed by atoms with Gasteiger partial charge in [-0.3, -0.25) is 33.7 Å². The number of hydrogen-bond acceptors (Lipinski definition) is 23. The third-order valence-electron chi connectivity index (χ3n) is 15.5. The summed E-state index contributed by atoms with van der Waals surface area (Å²) in [7, 11) is 0. The molecule has 1 aromatic rings. The number of amides is 5. The van der Waals surface area contributed by atoms with Crippen LogP contribution in [0.5, 0.6) is 0 Å². The molecular formula is C59H100N6O22. The van der Waals surface area contributed by atoms with E-state index in [1.807, 2.05) is 30.3 Å². The molecule has 4 rings (SSSR count). The zero-order valence-electron chi connectivity index (χ0n) is 50.9. The van der Waals surface area contributed by atoms with Gasteiger partial charge in [0, 0.05) is 39.0 Å². The van der Waals surface area contributed by atoms with Crippen LogP contribution < -0.4 is 26.6 Å². The highest BCUT2D eigenvalue weighted by atomic mass is 16.7. The minimum atomic E-state index is -1.63. The summed E-state index contributed by atoms with van der Waals surface area (Å²) in [5, 5.41) is 106. The first-order chi connectivity index (χ1) is 41.6. The van der Waals surface area contributed by atoms with Crippen molar-refractivity contribution < 1.29 is 108 Å². The number of benzene rings is 1. The van der Waals surface area contributed by atoms with Crippen LogP contribution in [0.1, 0.15) is 136 Å². The van der Waals surface area contributed by atoms with Crippen molar-refractivity contribution in [2.75, 3.05) is 59.1 Å². The third kappa shape index (κ3) is 26.8. The number of carbonyl (C=O) groups is 6. The second kappa shape index (κ2) is 40.9. The van der Waals surface area contributed by atoms with E-state index in [0.717, 1.165) is 31.2 Å². The molecule has 2 unspecified atom stereocenters. The molecule has 14 N–H and O–H groups in total. The summed E-state index contributed by atoms with van der Waals surface area (Å²) in [6.45, 7) is 4.18. The SMILES string of the molecule is CCCCCCCCCCCCC(=O)NC(CCC(=O)OCc1ccccc1)C(=O)NCCCCC(C(=O)NCCO[C@@H]1O[C@@H](C)[C@@H](O)[C@@H](O)[C@@H]1O)N(CC(=O)NCCO[C@@H]1O[C@@H](C)[C@@H](O)[C@@H](O)[C@@H]1O)CC(=O)NCCO[C@@H]1O[C@@H](C)[C@@H](O)[C@@H](O)[C@@H]1O. The maximum Gasteiger partial charge on any atom is 0.306 e. The number of aliphatic hydroxyl groups is 9. The van der Waals surface area contributed by atoms with Crippen LogP contribution >= 0.6 is 0 Å². The summed E-state index contributed by atoms with van der Waals surface area (Å²) in [4.78, 5) is 83.0. The molecule has 0 bridgehead atoms. The van der Waals surface area contributed by atoms with E-state index in [0.29, 0.717) is 6.42 Å². The van der Waals surface area contributed by atoms with Gasteiger partial charge in [-0.1, -0.05) is 95.0 Å². The number of esters is 1. The van der Waals surface area contributed by atoms with Gasteiger partial charge in [0.2, 0.25) is 29.5 Å². The van der Waals surface area contributed by atoms with E-state index in [4.69, 9.17) is 33.2 Å². The van der Waals surface area contributed by atoms with Crippen molar-refractivity contribution in [3.63, 3.8) is 0 Å². The Morgan fingerprint density at radius 3 is 1.39 bits per heavy atom. The van der Waals surface area contributed by atoms with E-state index in [9.17, 15) is 74.7 Å². The number of nitrogens with one attached hydrogen (secondary N) is 5. The molecule has 28 heteroatoms. The first kappa shape index (κ1) is 74.9. The van der Waals surface area contributed by atoms with Gasteiger partial charge in [0.25, 0.3) is 0 Å². The maximum atomic E-state index is 14.3. The number of aliphatic hydroxyl groups excluding tert-OH is 9. The molecule has 87 heavy (non-hydrogen) atoms. The molecule has 3 heterocycles. The molecule has 28 nitrogen and oxygen atoms in total. The van der Waals surface area contributed by atoms with Gasteiger partial charge in [-0.15, -0.1) is 0 Å². The van der Waals surface area contributed by atoms with Crippen molar-refractivity contribution in [2.24, 2.45) is 0 Å². The Hall–Kier alpha value is -4.60. The van der Waals surface area contributed by atoms with Gasteiger partial charge in [0.1, 0.15) is 67.6 Å². The normalized spacial score (nSPS) is 28.0. The second-order valence-corrected chi connectivity index (χ2v) is 22.6. The van der Waals surface area contributed by atoms with Crippen LogP contribution in [0.3, 0.4) is 0 Å². The lowest BCUT2D eigenvalue weighted by Gasteiger charge is -2.39. The number of hydrogen-bond donors (Lipinski definition) is 14. The topological polar surface area (TPSA) is 412 Å². The van der Waals surface area contributed by atoms with Crippen LogP contribution in [0, 0.1) is 0 Å². The van der Waals surface area contributed by atoms with Crippen molar-refractivity contribution in [1.29, 1.82) is 0 Å². The highest BCUT2D eigenvalue weighted by molar-refractivity contribution is 5.88. The molecular weight excluding hydrogens is 1140 g/mol. The predicted molar refractivity (Wildman–Crippen MR) is 310 cm³/mol. The van der Waals surface area contributed by atoms with Gasteiger partial charge in [-0.2, -0.15) is 0 Å². The summed E-state index contributed by atoms with van der Waals surface area (Å²) in [5.74, 6) is -3.53. The Labute approximate surface area is 509 Å². The number of nitrogens with zero attached hydrogens (tertiary/aromatic N) is 1. The fraction of sp³-hybridized carbons (Fsp3) is 0.797. The van der Waals surface area contributed by atoms with E-state index in [1.165, 1.54) is 57.8 Å². The summed E-state index contributed by atoms with van der Waals surface area (Å²) in [5.41, 5.74) is 0.778. The van der Waals surface area contributed by atoms with E-state index in [1.54, 1.807) is 0 Å². The van der Waals surface area contributed by atoms with E-state index in [-0.39, 0.29) is 97.0 Å². The average molecular weight is 1250 g/mol. The molecule has 17 atom stereocenters. The zero-order valence-corrected chi connectivity index (χ0v) is 50.9. The first-order valence-electron chi connectivity index (χ1n) is 30.9. The highest BCUT2D eigenvalue weighted by Crippen LogP contribution is 2.24. The predicted octanol–water partition coefficient (Wildman–Crippen LogP) is -1.86. The number of ether oxygens (including phenoxy) is 7. The van der Waals surface area contributed by atoms with Gasteiger partial charge < -0.3 is 106 Å². The Morgan fingerprint density at radius 1 is 0.483 bits per heavy atom. The van der Waals surface area contributed by atoms with Gasteiger partial charge >= 0.3 is 5.97 Å². The van der Waals surface area contributed by atoms with Gasteiger partial charge in [0.15, 0.2) is 18.9 Å². The molecule has 0 spiro atoms.